The molecule has 16 heavy (non-hydrogen) atoms. The van der Waals surface area contributed by atoms with Gasteiger partial charge in [0.05, 0.1) is 4.92 Å². The lowest BCUT2D eigenvalue weighted by molar-refractivity contribution is -0.384. The Bertz CT molecular complexity index is 435. The van der Waals surface area contributed by atoms with E-state index in [0.717, 1.165) is 6.20 Å². The highest BCUT2D eigenvalue weighted by Gasteiger charge is 2.16. The predicted molar refractivity (Wildman–Crippen MR) is 53.8 cm³/mol. The van der Waals surface area contributed by atoms with E-state index >= 15 is 0 Å². The van der Waals surface area contributed by atoms with Crippen LogP contribution >= 0.6 is 0 Å². The van der Waals surface area contributed by atoms with Crippen LogP contribution in [-0.4, -0.2) is 32.0 Å². The summed E-state index contributed by atoms with van der Waals surface area (Å²) in [5.74, 6) is -1.49. The predicted octanol–water partition coefficient (Wildman–Crippen LogP) is -0.148. The van der Waals surface area contributed by atoms with Crippen molar-refractivity contribution in [2.45, 2.75) is 13.0 Å². The molecule has 0 saturated heterocycles. The van der Waals surface area contributed by atoms with Crippen molar-refractivity contribution < 1.29 is 14.8 Å². The minimum atomic E-state index is -1.10. The summed E-state index contributed by atoms with van der Waals surface area (Å²) in [5.41, 5.74) is 4.87. The maximum Gasteiger partial charge on any atom is 0.329 e. The van der Waals surface area contributed by atoms with Crippen molar-refractivity contribution in [1.82, 2.24) is 9.97 Å². The number of nitrogens with one attached hydrogen (secondary N) is 1. The number of carboxylic acids is 1. The van der Waals surface area contributed by atoms with Gasteiger partial charge in [0.25, 0.3) is 0 Å². The van der Waals surface area contributed by atoms with Gasteiger partial charge in [-0.25, -0.2) is 4.98 Å². The summed E-state index contributed by atoms with van der Waals surface area (Å²) in [4.78, 5) is 27.3. The van der Waals surface area contributed by atoms with Gasteiger partial charge in [-0.2, -0.15) is 4.98 Å². The van der Waals surface area contributed by atoms with E-state index in [9.17, 15) is 14.9 Å². The third-order valence-corrected chi connectivity index (χ3v) is 1.71. The summed E-state index contributed by atoms with van der Waals surface area (Å²) in [6.45, 7) is 1.38. The third-order valence-electron chi connectivity index (χ3n) is 1.71. The Morgan fingerprint density at radius 2 is 2.38 bits per heavy atom. The van der Waals surface area contributed by atoms with Gasteiger partial charge in [0.1, 0.15) is 12.2 Å². The molecule has 0 saturated carbocycles. The van der Waals surface area contributed by atoms with Crippen molar-refractivity contribution in [3.63, 3.8) is 0 Å². The van der Waals surface area contributed by atoms with E-state index in [0.29, 0.717) is 0 Å². The van der Waals surface area contributed by atoms with Gasteiger partial charge in [0, 0.05) is 0 Å². The molecule has 0 aromatic carbocycles. The van der Waals surface area contributed by atoms with Crippen molar-refractivity contribution in [2.24, 2.45) is 0 Å². The van der Waals surface area contributed by atoms with Gasteiger partial charge in [-0.1, -0.05) is 0 Å². The normalized spacial score (nSPS) is 11.8. The van der Waals surface area contributed by atoms with Crippen molar-refractivity contribution in [1.29, 1.82) is 0 Å². The zero-order chi connectivity index (χ0) is 12.3. The fraction of sp³-hybridized carbons (Fsp3) is 0.286. The second-order valence-corrected chi connectivity index (χ2v) is 2.93. The van der Waals surface area contributed by atoms with Crippen molar-refractivity contribution in [3.8, 4) is 0 Å². The average Bonchev–Trinajstić information content (AvgIpc) is 2.16. The number of anilines is 2. The Labute approximate surface area is 89.5 Å². The zero-order valence-corrected chi connectivity index (χ0v) is 8.25. The van der Waals surface area contributed by atoms with Crippen LogP contribution in [0.3, 0.4) is 0 Å². The van der Waals surface area contributed by atoms with E-state index < -0.39 is 22.6 Å². The molecule has 0 bridgehead atoms. The van der Waals surface area contributed by atoms with Crippen molar-refractivity contribution >= 4 is 23.4 Å². The van der Waals surface area contributed by atoms with Gasteiger partial charge in [-0.15, -0.1) is 0 Å². The van der Waals surface area contributed by atoms with Crippen LogP contribution in [0.2, 0.25) is 0 Å². The molecule has 1 rings (SSSR count). The smallest absolute Gasteiger partial charge is 0.329 e. The van der Waals surface area contributed by atoms with Crippen molar-refractivity contribution in [2.75, 3.05) is 11.1 Å². The second kappa shape index (κ2) is 4.38. The molecule has 0 spiro atoms. The Hall–Kier alpha value is -2.45. The molecule has 0 aliphatic heterocycles. The number of hydrogen-bond acceptors (Lipinski definition) is 7. The molecule has 0 unspecified atom stereocenters. The largest absolute Gasteiger partial charge is 0.480 e. The molecule has 1 atom stereocenters. The van der Waals surface area contributed by atoms with E-state index in [1.54, 1.807) is 0 Å². The van der Waals surface area contributed by atoms with Gasteiger partial charge >= 0.3 is 11.7 Å². The minimum Gasteiger partial charge on any atom is -0.480 e. The first-order chi connectivity index (χ1) is 7.41. The van der Waals surface area contributed by atoms with Gasteiger partial charge in [0.15, 0.2) is 0 Å². The van der Waals surface area contributed by atoms with Gasteiger partial charge in [0.2, 0.25) is 11.8 Å². The summed E-state index contributed by atoms with van der Waals surface area (Å²) in [6, 6.07) is -0.916. The van der Waals surface area contributed by atoms with Crippen LogP contribution in [0.5, 0.6) is 0 Å². The number of carboxylic acid groups (broad SMARTS) is 1. The Kier molecular flexibility index (Phi) is 3.18. The molecule has 0 aliphatic rings. The Balaban J connectivity index is 2.89. The van der Waals surface area contributed by atoms with Crippen LogP contribution in [0.15, 0.2) is 6.20 Å². The fourth-order valence-corrected chi connectivity index (χ4v) is 0.854. The zero-order valence-electron chi connectivity index (χ0n) is 8.25. The average molecular weight is 227 g/mol. The lowest BCUT2D eigenvalue weighted by Crippen LogP contribution is -2.26. The summed E-state index contributed by atoms with van der Waals surface area (Å²) >= 11 is 0. The summed E-state index contributed by atoms with van der Waals surface area (Å²) < 4.78 is 0. The highest BCUT2D eigenvalue weighted by molar-refractivity contribution is 5.76. The van der Waals surface area contributed by atoms with E-state index in [1.807, 2.05) is 0 Å². The Morgan fingerprint density at radius 1 is 1.75 bits per heavy atom. The molecule has 1 aromatic heterocycles. The molecule has 9 nitrogen and oxygen atoms in total. The van der Waals surface area contributed by atoms with Gasteiger partial charge in [-0.05, 0) is 6.92 Å². The van der Waals surface area contributed by atoms with E-state index in [-0.39, 0.29) is 11.8 Å². The second-order valence-electron chi connectivity index (χ2n) is 2.93. The highest BCUT2D eigenvalue weighted by atomic mass is 16.6. The molecule has 4 N–H and O–H groups in total. The first-order valence-electron chi connectivity index (χ1n) is 4.18. The quantitative estimate of drug-likeness (QED) is 0.475. The maximum absolute atomic E-state index is 10.5. The van der Waals surface area contributed by atoms with Crippen LogP contribution in [-0.2, 0) is 4.79 Å². The molecule has 0 amide bonds. The van der Waals surface area contributed by atoms with Crippen LogP contribution in [0.25, 0.3) is 0 Å². The molecule has 9 heteroatoms. The molecule has 0 fully saturated rings. The van der Waals surface area contributed by atoms with E-state index in [2.05, 4.69) is 15.3 Å². The highest BCUT2D eigenvalue weighted by Crippen LogP contribution is 2.18. The summed E-state index contributed by atoms with van der Waals surface area (Å²) in [5, 5.41) is 21.4. The monoisotopic (exact) mass is 227 g/mol. The van der Waals surface area contributed by atoms with Crippen LogP contribution in [0, 0.1) is 10.1 Å². The Morgan fingerprint density at radius 3 is 2.81 bits per heavy atom. The number of nitrogens with two attached hydrogens (primary N) is 1. The molecule has 1 aromatic rings. The molecule has 86 valence electrons. The first kappa shape index (κ1) is 11.6. The van der Waals surface area contributed by atoms with E-state index in [4.69, 9.17) is 10.8 Å². The SMILES string of the molecule is C[C@H](Nc1ncc([N+](=O)[O-])c(N)n1)C(=O)O. The van der Waals surface area contributed by atoms with Gasteiger partial charge in [-0.3, -0.25) is 14.9 Å². The molecular formula is C7H9N5O4. The molecular weight excluding hydrogens is 218 g/mol. The number of aliphatic carboxylic acids is 1. The van der Waals surface area contributed by atoms with Crippen LogP contribution in [0.1, 0.15) is 6.92 Å². The number of rotatable bonds is 4. The topological polar surface area (TPSA) is 144 Å². The minimum absolute atomic E-state index is 0.0713. The molecule has 0 radical (unpaired) electrons. The molecule has 1 heterocycles. The van der Waals surface area contributed by atoms with Crippen LogP contribution < -0.4 is 11.1 Å². The summed E-state index contributed by atoms with van der Waals surface area (Å²) in [6.07, 6.45) is 0.916. The lowest BCUT2D eigenvalue weighted by Gasteiger charge is -2.08. The number of hydrogen-bond donors (Lipinski definition) is 3. The fourth-order valence-electron chi connectivity index (χ4n) is 0.854. The molecule has 0 aliphatic carbocycles. The maximum atomic E-state index is 10.5. The standard InChI is InChI=1S/C7H9N5O4/c1-3(6(13)14)10-7-9-2-4(12(15)16)5(8)11-7/h2-3H,1H3,(H,13,14)(H3,8,9,10,11)/t3-/m0/s1. The number of nitrogen functional groups attached to an aromatic ring is 1. The van der Waals surface area contributed by atoms with E-state index in [1.165, 1.54) is 6.92 Å². The van der Waals surface area contributed by atoms with Gasteiger partial charge < -0.3 is 16.2 Å². The number of nitro groups is 1. The van der Waals surface area contributed by atoms with Crippen LogP contribution in [0.4, 0.5) is 17.5 Å². The summed E-state index contributed by atoms with van der Waals surface area (Å²) in [7, 11) is 0. The first-order valence-corrected chi connectivity index (χ1v) is 4.18. The number of nitrogens with zero attached hydrogens (tertiary/aromatic N) is 3. The lowest BCUT2D eigenvalue weighted by atomic mass is 10.3. The number of carbonyl (C=O) groups is 1. The van der Waals surface area contributed by atoms with Crippen molar-refractivity contribution in [3.05, 3.63) is 16.3 Å². The number of aromatic nitrogens is 2. The third kappa shape index (κ3) is 2.53.